The third-order valence-corrected chi connectivity index (χ3v) is 5.97. The van der Waals surface area contributed by atoms with E-state index in [1.807, 2.05) is 0 Å². The molecule has 0 aromatic carbocycles. The van der Waals surface area contributed by atoms with E-state index in [9.17, 15) is 14.4 Å². The van der Waals surface area contributed by atoms with Crippen molar-refractivity contribution in [3.8, 4) is 0 Å². The lowest BCUT2D eigenvalue weighted by Gasteiger charge is -2.47. The summed E-state index contributed by atoms with van der Waals surface area (Å²) in [6.45, 7) is 0. The molecule has 1 amide bonds. The maximum atomic E-state index is 11.9. The van der Waals surface area contributed by atoms with E-state index in [2.05, 4.69) is 10.1 Å². The number of carbonyl (C=O) groups is 3. The number of carboxylic acid groups (broad SMARTS) is 2. The van der Waals surface area contributed by atoms with Gasteiger partial charge in [-0.15, -0.1) is 16.9 Å². The molecule has 11 nitrogen and oxygen atoms in total. The quantitative estimate of drug-likeness (QED) is 0.347. The fraction of sp³-hybridized carbons (Fsp3) is 0.417. The van der Waals surface area contributed by atoms with Crippen molar-refractivity contribution in [3.05, 3.63) is 17.3 Å². The highest BCUT2D eigenvalue weighted by atomic mass is 32.2. The van der Waals surface area contributed by atoms with Crippen molar-refractivity contribution in [3.63, 3.8) is 0 Å². The summed E-state index contributed by atoms with van der Waals surface area (Å²) >= 11 is 2.58. The van der Waals surface area contributed by atoms with Gasteiger partial charge in [-0.25, -0.2) is 14.3 Å². The summed E-state index contributed by atoms with van der Waals surface area (Å²) in [5, 5.41) is 21.6. The summed E-state index contributed by atoms with van der Waals surface area (Å²) < 4.78 is 6.12. The molecule has 0 aliphatic carbocycles. The second kappa shape index (κ2) is 6.57. The van der Waals surface area contributed by atoms with Gasteiger partial charge < -0.3 is 20.7 Å². The number of aryl methyl sites for hydroxylation is 1. The number of nitrogens with two attached hydrogens (primary N) is 1. The number of fused-ring (bicyclic) bond motifs is 1. The Hall–Kier alpha value is -2.25. The number of carboxylic acids is 1. The number of amides is 1. The first kappa shape index (κ1) is 17.6. The van der Waals surface area contributed by atoms with Crippen molar-refractivity contribution >= 4 is 41.6 Å². The van der Waals surface area contributed by atoms with Crippen LogP contribution in [-0.4, -0.2) is 70.8 Å². The zero-order valence-corrected chi connectivity index (χ0v) is 14.4. The first-order valence-corrected chi connectivity index (χ1v) is 8.93. The minimum absolute atomic E-state index is 0.0314. The van der Waals surface area contributed by atoms with Crippen LogP contribution in [0.15, 0.2) is 16.6 Å². The van der Waals surface area contributed by atoms with Crippen LogP contribution in [0.1, 0.15) is 10.6 Å². The molecule has 3 rings (SSSR count). The Morgan fingerprint density at radius 2 is 2.20 bits per heavy atom. The lowest BCUT2D eigenvalue weighted by molar-refractivity contribution is -0.144. The number of rotatable bonds is 5. The van der Waals surface area contributed by atoms with Gasteiger partial charge in [-0.1, -0.05) is 11.8 Å². The minimum atomic E-state index is -1.52. The Labute approximate surface area is 149 Å². The SMILES string of the molecule is Cn1nc(C(=O)O)nc1SCC1=C(OC(=O)O)N2C(=O)[C@@H](N)[C@H]2SC1. The van der Waals surface area contributed by atoms with E-state index in [1.165, 1.54) is 21.3 Å². The number of hydrogen-bond acceptors (Lipinski definition) is 9. The van der Waals surface area contributed by atoms with E-state index in [0.717, 1.165) is 11.8 Å². The number of aromatic nitrogens is 3. The molecule has 1 aromatic heterocycles. The third-order valence-electron chi connectivity index (χ3n) is 3.51. The first-order chi connectivity index (χ1) is 11.8. The Balaban J connectivity index is 1.81. The summed E-state index contributed by atoms with van der Waals surface area (Å²) in [5.74, 6) is -1.32. The highest BCUT2D eigenvalue weighted by Gasteiger charge is 2.51. The maximum absolute atomic E-state index is 11.9. The Bertz CT molecular complexity index is 793. The standard InChI is InChI=1S/C12H13N5O6S2/c1-16-11(14-6(15-16)10(19)20)25-3-4-2-24-9-5(13)7(18)17(9)8(4)23-12(21)22/h5,9H,2-3,13H2,1H3,(H,19,20)(H,21,22)/t5-,9-/m1/s1. The summed E-state index contributed by atoms with van der Waals surface area (Å²) in [6.07, 6.45) is -1.52. The molecule has 2 atom stereocenters. The Morgan fingerprint density at radius 3 is 2.80 bits per heavy atom. The molecular weight excluding hydrogens is 374 g/mol. The van der Waals surface area contributed by atoms with Crippen molar-refractivity contribution < 1.29 is 29.3 Å². The molecule has 1 saturated heterocycles. The van der Waals surface area contributed by atoms with Gasteiger partial charge in [0.15, 0.2) is 5.16 Å². The van der Waals surface area contributed by atoms with Crippen LogP contribution in [0.2, 0.25) is 0 Å². The fourth-order valence-corrected chi connectivity index (χ4v) is 4.65. The molecule has 0 radical (unpaired) electrons. The average molecular weight is 387 g/mol. The molecule has 4 N–H and O–H groups in total. The lowest BCUT2D eigenvalue weighted by atomic mass is 10.1. The van der Waals surface area contributed by atoms with Gasteiger partial charge in [-0.05, 0) is 0 Å². The molecule has 1 fully saturated rings. The summed E-state index contributed by atoms with van der Waals surface area (Å²) in [6, 6.07) is -0.677. The van der Waals surface area contributed by atoms with E-state index in [0.29, 0.717) is 16.5 Å². The summed E-state index contributed by atoms with van der Waals surface area (Å²) in [7, 11) is 1.55. The zero-order valence-electron chi connectivity index (χ0n) is 12.8. The van der Waals surface area contributed by atoms with Gasteiger partial charge in [0.1, 0.15) is 11.4 Å². The number of ether oxygens (including phenoxy) is 1. The van der Waals surface area contributed by atoms with Gasteiger partial charge in [0.05, 0.1) is 0 Å². The van der Waals surface area contributed by atoms with Crippen molar-refractivity contribution in [1.29, 1.82) is 0 Å². The van der Waals surface area contributed by atoms with Crippen LogP contribution in [0.4, 0.5) is 4.79 Å². The predicted molar refractivity (Wildman–Crippen MR) is 85.9 cm³/mol. The molecule has 0 unspecified atom stereocenters. The molecule has 0 bridgehead atoms. The second-order valence-corrected chi connectivity index (χ2v) is 7.20. The molecule has 134 valence electrons. The van der Waals surface area contributed by atoms with Crippen LogP contribution in [0.25, 0.3) is 0 Å². The lowest BCUT2D eigenvalue weighted by Crippen LogP contribution is -2.68. The van der Waals surface area contributed by atoms with Crippen LogP contribution in [0.3, 0.4) is 0 Å². The highest BCUT2D eigenvalue weighted by molar-refractivity contribution is 8.01. The predicted octanol–water partition coefficient (Wildman–Crippen LogP) is -0.246. The molecule has 2 aliphatic heterocycles. The van der Waals surface area contributed by atoms with Crippen LogP contribution in [-0.2, 0) is 16.6 Å². The average Bonchev–Trinajstić information content (AvgIpc) is 2.93. The molecular formula is C12H13N5O6S2. The number of nitrogens with zero attached hydrogens (tertiary/aromatic N) is 4. The molecule has 13 heteroatoms. The van der Waals surface area contributed by atoms with Gasteiger partial charge in [0.2, 0.25) is 11.8 Å². The topological polar surface area (TPSA) is 161 Å². The number of hydrogen-bond donors (Lipinski definition) is 3. The van der Waals surface area contributed by atoms with Crippen molar-refractivity contribution in [2.24, 2.45) is 12.8 Å². The molecule has 0 spiro atoms. The maximum Gasteiger partial charge on any atom is 0.512 e. The van der Waals surface area contributed by atoms with Gasteiger partial charge >= 0.3 is 12.1 Å². The fourth-order valence-electron chi connectivity index (χ4n) is 2.34. The van der Waals surface area contributed by atoms with Crippen molar-refractivity contribution in [1.82, 2.24) is 19.7 Å². The molecule has 1 aromatic rings. The van der Waals surface area contributed by atoms with Gasteiger partial charge in [-0.3, -0.25) is 9.69 Å². The number of carbonyl (C=O) groups excluding carboxylic acids is 1. The molecule has 3 heterocycles. The van der Waals surface area contributed by atoms with Gasteiger partial charge in [0.25, 0.3) is 5.82 Å². The van der Waals surface area contributed by atoms with E-state index in [1.54, 1.807) is 7.05 Å². The normalized spacial score (nSPS) is 22.5. The largest absolute Gasteiger partial charge is 0.512 e. The van der Waals surface area contributed by atoms with Crippen molar-refractivity contribution in [2.45, 2.75) is 16.6 Å². The summed E-state index contributed by atoms with van der Waals surface area (Å²) in [4.78, 5) is 38.9. The minimum Gasteiger partial charge on any atom is -0.475 e. The highest BCUT2D eigenvalue weighted by Crippen LogP contribution is 2.40. The van der Waals surface area contributed by atoms with Crippen LogP contribution in [0, 0.1) is 0 Å². The second-order valence-electron chi connectivity index (χ2n) is 5.15. The summed E-state index contributed by atoms with van der Waals surface area (Å²) in [5.41, 5.74) is 6.29. The molecule has 0 saturated carbocycles. The van der Waals surface area contributed by atoms with Gasteiger partial charge in [0, 0.05) is 24.1 Å². The van der Waals surface area contributed by atoms with Crippen molar-refractivity contribution in [2.75, 3.05) is 11.5 Å². The monoisotopic (exact) mass is 387 g/mol. The van der Waals surface area contributed by atoms with E-state index in [-0.39, 0.29) is 22.8 Å². The zero-order chi connectivity index (χ0) is 18.3. The Kier molecular flexibility index (Phi) is 4.62. The van der Waals surface area contributed by atoms with Gasteiger partial charge in [-0.2, -0.15) is 4.98 Å². The number of β-lactam (4-membered cyclic amide) rings is 1. The number of aromatic carboxylic acids is 1. The van der Waals surface area contributed by atoms with E-state index in [4.69, 9.17) is 20.7 Å². The van der Waals surface area contributed by atoms with E-state index >= 15 is 0 Å². The molecule has 25 heavy (non-hydrogen) atoms. The van der Waals surface area contributed by atoms with Crippen LogP contribution >= 0.6 is 23.5 Å². The Morgan fingerprint density at radius 1 is 1.48 bits per heavy atom. The smallest absolute Gasteiger partial charge is 0.475 e. The van der Waals surface area contributed by atoms with Crippen LogP contribution in [0.5, 0.6) is 0 Å². The third kappa shape index (κ3) is 3.17. The van der Waals surface area contributed by atoms with E-state index < -0.39 is 24.1 Å². The number of thioether (sulfide) groups is 2. The first-order valence-electron chi connectivity index (χ1n) is 6.89. The molecule has 2 aliphatic rings. The van der Waals surface area contributed by atoms with Crippen LogP contribution < -0.4 is 5.73 Å².